The fraction of sp³-hybridized carbons (Fsp3) is 0.286. The standard InChI is InChI=1S/C70H71BN2S/c1-66(2,3)49-28-32-60(51(40-49)46-25-19-14-20-26-46)73-61-39-48(45-23-17-13-18-24-45)38-53(63(61)71-65-64(73)54-42-57-58(43-62(54)74-65)70(10,11)36-35-69(57,8)9)52-37-47(44-21-15-12-16-22-44)27-31-59(52)72-50-29-30-55-56(41-50)68(6,7)34-33-67(55,4)5/h12-32,37-43,71-72H,33-36H2,1-11H3. The minimum absolute atomic E-state index is 0.0373. The topological polar surface area (TPSA) is 15.3 Å². The van der Waals surface area contributed by atoms with Crippen LogP contribution in [0, 0.1) is 0 Å². The molecule has 9 aromatic rings. The van der Waals surface area contributed by atoms with Gasteiger partial charge in [-0.15, -0.1) is 11.3 Å². The lowest BCUT2D eigenvalue weighted by molar-refractivity contribution is 0.332. The highest BCUT2D eigenvalue weighted by atomic mass is 32.1. The lowest BCUT2D eigenvalue weighted by atomic mass is 9.61. The van der Waals surface area contributed by atoms with Crippen LogP contribution in [0.3, 0.4) is 0 Å². The lowest BCUT2D eigenvalue weighted by Gasteiger charge is -2.42. The molecule has 370 valence electrons. The zero-order valence-corrected chi connectivity index (χ0v) is 46.4. The zero-order chi connectivity index (χ0) is 51.5. The first-order chi connectivity index (χ1) is 35.3. The molecule has 3 aliphatic rings. The molecule has 1 aromatic heterocycles. The normalized spacial score (nSPS) is 16.9. The Bertz CT molecular complexity index is 3650. The second-order valence-electron chi connectivity index (χ2n) is 25.6. The molecule has 0 saturated heterocycles. The van der Waals surface area contributed by atoms with E-state index in [1.54, 1.807) is 0 Å². The van der Waals surface area contributed by atoms with Crippen LogP contribution in [0.4, 0.5) is 28.4 Å². The maximum absolute atomic E-state index is 4.10. The van der Waals surface area contributed by atoms with E-state index in [-0.39, 0.29) is 27.1 Å². The number of hydrogen-bond acceptors (Lipinski definition) is 3. The van der Waals surface area contributed by atoms with Gasteiger partial charge in [0.05, 0.1) is 11.4 Å². The molecule has 0 saturated carbocycles. The van der Waals surface area contributed by atoms with E-state index in [4.69, 9.17) is 0 Å². The fourth-order valence-electron chi connectivity index (χ4n) is 12.7. The van der Waals surface area contributed by atoms with Gasteiger partial charge in [-0.2, -0.15) is 0 Å². The average molecular weight is 983 g/mol. The molecular weight excluding hydrogens is 912 g/mol. The fourth-order valence-corrected chi connectivity index (χ4v) is 13.9. The average Bonchev–Trinajstić information content (AvgIpc) is 3.80. The van der Waals surface area contributed by atoms with E-state index < -0.39 is 0 Å². The van der Waals surface area contributed by atoms with Crippen molar-refractivity contribution in [3.63, 3.8) is 0 Å². The van der Waals surface area contributed by atoms with Crippen molar-refractivity contribution >= 4 is 67.4 Å². The largest absolute Gasteiger partial charge is 0.355 e. The molecular formula is C70H71BN2S. The summed E-state index contributed by atoms with van der Waals surface area (Å²) in [6.07, 6.45) is 4.73. The van der Waals surface area contributed by atoms with Crippen LogP contribution < -0.4 is 20.5 Å². The first-order valence-corrected chi connectivity index (χ1v) is 28.0. The van der Waals surface area contributed by atoms with Crippen LogP contribution in [0.1, 0.15) is 130 Å². The van der Waals surface area contributed by atoms with Gasteiger partial charge in [-0.1, -0.05) is 185 Å². The molecule has 0 unspecified atom stereocenters. The molecule has 2 heterocycles. The second-order valence-corrected chi connectivity index (χ2v) is 26.7. The van der Waals surface area contributed by atoms with Crippen molar-refractivity contribution in [1.82, 2.24) is 0 Å². The first-order valence-electron chi connectivity index (χ1n) is 27.2. The molecule has 1 aliphatic heterocycles. The lowest BCUT2D eigenvalue weighted by Crippen LogP contribution is -2.39. The SMILES string of the molecule is CC(C)(C)c1ccc(N2c3cc(-c4ccccc4)cc(-c4cc(-c5ccccc5)ccc4Nc4ccc5c(c4)C(C)(C)CCC5(C)C)c3Bc3sc4cc5c(cc4c32)C(C)(C)CCC5(C)C)c(-c2ccccc2)c1. The summed E-state index contributed by atoms with van der Waals surface area (Å²) in [5.41, 5.74) is 24.7. The van der Waals surface area contributed by atoms with Crippen LogP contribution in [0.2, 0.25) is 0 Å². The summed E-state index contributed by atoms with van der Waals surface area (Å²) in [5, 5.41) is 5.46. The van der Waals surface area contributed by atoms with Gasteiger partial charge < -0.3 is 10.2 Å². The Morgan fingerprint density at radius 1 is 0.459 bits per heavy atom. The van der Waals surface area contributed by atoms with Gasteiger partial charge in [0.15, 0.2) is 0 Å². The predicted molar refractivity (Wildman–Crippen MR) is 324 cm³/mol. The molecule has 4 heteroatoms. The molecule has 1 N–H and O–H groups in total. The van der Waals surface area contributed by atoms with Crippen LogP contribution in [-0.2, 0) is 27.1 Å². The van der Waals surface area contributed by atoms with Crippen molar-refractivity contribution in [2.45, 2.75) is 129 Å². The minimum atomic E-state index is -0.0373. The summed E-state index contributed by atoms with van der Waals surface area (Å²) in [6, 6.07) is 65.0. The monoisotopic (exact) mass is 983 g/mol. The Morgan fingerprint density at radius 2 is 1.01 bits per heavy atom. The number of nitrogens with one attached hydrogen (secondary N) is 1. The number of nitrogens with zero attached hydrogens (tertiary/aromatic N) is 1. The summed E-state index contributed by atoms with van der Waals surface area (Å²) in [5.74, 6) is 0. The van der Waals surface area contributed by atoms with Crippen molar-refractivity contribution in [3.8, 4) is 44.5 Å². The van der Waals surface area contributed by atoms with E-state index >= 15 is 0 Å². The van der Waals surface area contributed by atoms with Gasteiger partial charge in [-0.05, 0) is 185 Å². The zero-order valence-electron chi connectivity index (χ0n) is 45.6. The quantitative estimate of drug-likeness (QED) is 0.160. The molecule has 8 aromatic carbocycles. The smallest absolute Gasteiger partial charge is 0.211 e. The van der Waals surface area contributed by atoms with Gasteiger partial charge in [0.25, 0.3) is 0 Å². The maximum Gasteiger partial charge on any atom is 0.211 e. The van der Waals surface area contributed by atoms with E-state index in [0.29, 0.717) is 0 Å². The van der Waals surface area contributed by atoms with E-state index in [0.717, 1.165) is 18.7 Å². The molecule has 0 spiro atoms. The summed E-state index contributed by atoms with van der Waals surface area (Å²) in [4.78, 5) is 2.70. The van der Waals surface area contributed by atoms with Crippen molar-refractivity contribution in [3.05, 3.63) is 198 Å². The highest BCUT2D eigenvalue weighted by Gasteiger charge is 2.41. The third-order valence-corrected chi connectivity index (χ3v) is 18.7. The number of rotatable bonds is 7. The van der Waals surface area contributed by atoms with Gasteiger partial charge in [0.1, 0.15) is 0 Å². The third kappa shape index (κ3) is 8.33. The number of thiophene rings is 1. The number of fused-ring (bicyclic) bond motifs is 6. The summed E-state index contributed by atoms with van der Waals surface area (Å²) < 4.78 is 2.79. The van der Waals surface area contributed by atoms with Crippen LogP contribution in [0.15, 0.2) is 170 Å². The molecule has 0 radical (unpaired) electrons. The Hall–Kier alpha value is -6.62. The van der Waals surface area contributed by atoms with Gasteiger partial charge >= 0.3 is 0 Å². The van der Waals surface area contributed by atoms with Crippen LogP contribution in [0.25, 0.3) is 54.6 Å². The highest BCUT2D eigenvalue weighted by Crippen LogP contribution is 2.53. The third-order valence-electron chi connectivity index (χ3n) is 17.6. The Balaban J connectivity index is 1.16. The van der Waals surface area contributed by atoms with Crippen molar-refractivity contribution in [1.29, 1.82) is 0 Å². The van der Waals surface area contributed by atoms with E-state index in [9.17, 15) is 0 Å². The molecule has 74 heavy (non-hydrogen) atoms. The second kappa shape index (κ2) is 17.5. The van der Waals surface area contributed by atoms with E-state index in [2.05, 4.69) is 256 Å². The van der Waals surface area contributed by atoms with Crippen LogP contribution >= 0.6 is 11.3 Å². The van der Waals surface area contributed by atoms with Gasteiger partial charge in [0, 0.05) is 38.3 Å². The molecule has 0 amide bonds. The first kappa shape index (κ1) is 48.3. The Morgan fingerprint density at radius 3 is 1.64 bits per heavy atom. The van der Waals surface area contributed by atoms with Crippen molar-refractivity contribution < 1.29 is 0 Å². The Kier molecular flexibility index (Phi) is 11.4. The van der Waals surface area contributed by atoms with E-state index in [1.807, 2.05) is 11.3 Å². The summed E-state index contributed by atoms with van der Waals surface area (Å²) in [7, 11) is 0.820. The molecule has 2 aliphatic carbocycles. The van der Waals surface area contributed by atoms with Gasteiger partial charge in [0.2, 0.25) is 7.28 Å². The molecule has 12 rings (SSSR count). The number of benzene rings is 8. The van der Waals surface area contributed by atoms with Crippen molar-refractivity contribution in [2.24, 2.45) is 0 Å². The number of hydrogen-bond donors (Lipinski definition) is 1. The molecule has 0 fully saturated rings. The van der Waals surface area contributed by atoms with Gasteiger partial charge in [-0.3, -0.25) is 0 Å². The predicted octanol–water partition coefficient (Wildman–Crippen LogP) is 18.5. The molecule has 0 bridgehead atoms. The number of anilines is 5. The van der Waals surface area contributed by atoms with Crippen molar-refractivity contribution in [2.75, 3.05) is 10.2 Å². The summed E-state index contributed by atoms with van der Waals surface area (Å²) in [6.45, 7) is 26.6. The van der Waals surface area contributed by atoms with E-state index in [1.165, 1.54) is 135 Å². The van der Waals surface area contributed by atoms with Crippen LogP contribution in [-0.4, -0.2) is 7.28 Å². The highest BCUT2D eigenvalue weighted by molar-refractivity contribution is 7.29. The molecule has 0 atom stereocenters. The Labute approximate surface area is 446 Å². The maximum atomic E-state index is 4.10. The van der Waals surface area contributed by atoms with Crippen LogP contribution in [0.5, 0.6) is 0 Å². The van der Waals surface area contributed by atoms with Gasteiger partial charge in [-0.25, -0.2) is 0 Å². The minimum Gasteiger partial charge on any atom is -0.355 e. The molecule has 2 nitrogen and oxygen atoms in total. The summed E-state index contributed by atoms with van der Waals surface area (Å²) >= 11 is 2.01.